The summed E-state index contributed by atoms with van der Waals surface area (Å²) in [5.74, 6) is 1.74. The van der Waals surface area contributed by atoms with Gasteiger partial charge in [-0.05, 0) is 37.4 Å². The van der Waals surface area contributed by atoms with Crippen LogP contribution < -0.4 is 14.8 Å². The van der Waals surface area contributed by atoms with Crippen LogP contribution in [0.4, 0.5) is 0 Å². The number of methoxy groups -OCH3 is 2. The zero-order valence-electron chi connectivity index (χ0n) is 12.6. The van der Waals surface area contributed by atoms with Gasteiger partial charge in [-0.25, -0.2) is 0 Å². The highest BCUT2D eigenvalue weighted by molar-refractivity contribution is 5.98. The second-order valence-electron chi connectivity index (χ2n) is 5.69. The van der Waals surface area contributed by atoms with Gasteiger partial charge in [0.25, 0.3) is 5.91 Å². The third-order valence-electron chi connectivity index (χ3n) is 4.58. The lowest BCUT2D eigenvalue weighted by Gasteiger charge is -2.35. The Morgan fingerprint density at radius 3 is 2.90 bits per heavy atom. The lowest BCUT2D eigenvalue weighted by atomic mass is 9.93. The number of likely N-dealkylation sites (tertiary alicyclic amines) is 1. The van der Waals surface area contributed by atoms with Gasteiger partial charge in [-0.2, -0.15) is 0 Å². The van der Waals surface area contributed by atoms with E-state index in [2.05, 4.69) is 5.32 Å². The summed E-state index contributed by atoms with van der Waals surface area (Å²) in [5.41, 5.74) is 0.584. The molecule has 1 aromatic rings. The van der Waals surface area contributed by atoms with E-state index < -0.39 is 0 Å². The molecule has 0 saturated carbocycles. The zero-order valence-corrected chi connectivity index (χ0v) is 12.6. The molecule has 2 unspecified atom stereocenters. The fraction of sp³-hybridized carbons (Fsp3) is 0.562. The lowest BCUT2D eigenvalue weighted by Crippen LogP contribution is -2.46. The topological polar surface area (TPSA) is 50.8 Å². The Balaban J connectivity index is 1.82. The van der Waals surface area contributed by atoms with Crippen molar-refractivity contribution in [3.63, 3.8) is 0 Å². The van der Waals surface area contributed by atoms with Crippen molar-refractivity contribution < 1.29 is 14.3 Å². The van der Waals surface area contributed by atoms with Crippen molar-refractivity contribution in [2.45, 2.75) is 18.9 Å². The van der Waals surface area contributed by atoms with Crippen LogP contribution >= 0.6 is 0 Å². The fourth-order valence-electron chi connectivity index (χ4n) is 3.46. The third-order valence-corrected chi connectivity index (χ3v) is 4.58. The van der Waals surface area contributed by atoms with Crippen LogP contribution in [0, 0.1) is 5.92 Å². The number of para-hydroxylation sites is 1. The summed E-state index contributed by atoms with van der Waals surface area (Å²) in [6.07, 6.45) is 2.19. The molecular weight excluding hydrogens is 268 g/mol. The van der Waals surface area contributed by atoms with Crippen molar-refractivity contribution in [1.82, 2.24) is 10.2 Å². The molecule has 2 heterocycles. The molecule has 5 heteroatoms. The molecule has 2 aliphatic rings. The number of nitrogens with zero attached hydrogens (tertiary/aromatic N) is 1. The van der Waals surface area contributed by atoms with E-state index >= 15 is 0 Å². The van der Waals surface area contributed by atoms with Crippen LogP contribution in [0.2, 0.25) is 0 Å². The largest absolute Gasteiger partial charge is 0.493 e. The molecule has 0 aliphatic carbocycles. The first-order valence-corrected chi connectivity index (χ1v) is 7.48. The Morgan fingerprint density at radius 2 is 2.14 bits per heavy atom. The lowest BCUT2D eigenvalue weighted by molar-refractivity contribution is 0.0658. The molecule has 2 fully saturated rings. The molecule has 2 saturated heterocycles. The van der Waals surface area contributed by atoms with Gasteiger partial charge < -0.3 is 19.7 Å². The molecule has 5 nitrogen and oxygen atoms in total. The van der Waals surface area contributed by atoms with Crippen LogP contribution in [0.1, 0.15) is 23.2 Å². The predicted octanol–water partition coefficient (Wildman–Crippen LogP) is 1.53. The van der Waals surface area contributed by atoms with Crippen LogP contribution in [0.15, 0.2) is 18.2 Å². The summed E-state index contributed by atoms with van der Waals surface area (Å²) in [6.45, 7) is 2.70. The summed E-state index contributed by atoms with van der Waals surface area (Å²) in [5, 5.41) is 3.52. The van der Waals surface area contributed by atoms with Crippen LogP contribution in [-0.2, 0) is 0 Å². The molecular formula is C16H22N2O3. The normalized spacial score (nSPS) is 24.6. The minimum atomic E-state index is 0.0381. The highest BCUT2D eigenvalue weighted by atomic mass is 16.5. The van der Waals surface area contributed by atoms with Gasteiger partial charge in [0.2, 0.25) is 0 Å². The molecule has 0 aromatic heterocycles. The monoisotopic (exact) mass is 290 g/mol. The Morgan fingerprint density at radius 1 is 1.29 bits per heavy atom. The molecule has 0 radical (unpaired) electrons. The minimum absolute atomic E-state index is 0.0381. The van der Waals surface area contributed by atoms with Crippen molar-refractivity contribution in [3.05, 3.63) is 23.8 Å². The van der Waals surface area contributed by atoms with Crippen molar-refractivity contribution >= 4 is 5.91 Å². The average Bonchev–Trinajstić information content (AvgIpc) is 3.00. The molecule has 3 rings (SSSR count). The van der Waals surface area contributed by atoms with E-state index in [0.717, 1.165) is 32.5 Å². The quantitative estimate of drug-likeness (QED) is 0.917. The average molecular weight is 290 g/mol. The van der Waals surface area contributed by atoms with E-state index in [4.69, 9.17) is 9.47 Å². The molecule has 0 spiro atoms. The number of amides is 1. The first-order valence-electron chi connectivity index (χ1n) is 7.48. The zero-order chi connectivity index (χ0) is 14.8. The van der Waals surface area contributed by atoms with E-state index in [1.165, 1.54) is 0 Å². The standard InChI is InChI=1S/C16H22N2O3/c1-20-14-5-3-4-12(15(14)21-2)16(19)18-9-7-13-11(10-18)6-8-17-13/h3-5,11,13,17H,6-10H2,1-2H3. The Hall–Kier alpha value is -1.75. The van der Waals surface area contributed by atoms with E-state index in [1.54, 1.807) is 14.2 Å². The molecule has 21 heavy (non-hydrogen) atoms. The maximum Gasteiger partial charge on any atom is 0.257 e. The number of fused-ring (bicyclic) bond motifs is 1. The second kappa shape index (κ2) is 5.93. The van der Waals surface area contributed by atoms with Crippen LogP contribution in [0.5, 0.6) is 11.5 Å². The fourth-order valence-corrected chi connectivity index (χ4v) is 3.46. The molecule has 2 atom stereocenters. The number of hydrogen-bond acceptors (Lipinski definition) is 4. The molecule has 0 bridgehead atoms. The number of nitrogens with one attached hydrogen (secondary N) is 1. The predicted molar refractivity (Wildman–Crippen MR) is 80.0 cm³/mol. The van der Waals surface area contributed by atoms with E-state index in [9.17, 15) is 4.79 Å². The maximum absolute atomic E-state index is 12.8. The molecule has 2 aliphatic heterocycles. The second-order valence-corrected chi connectivity index (χ2v) is 5.69. The number of ether oxygens (including phenoxy) is 2. The van der Waals surface area contributed by atoms with E-state index in [-0.39, 0.29) is 5.91 Å². The van der Waals surface area contributed by atoms with Crippen LogP contribution in [-0.4, -0.2) is 50.7 Å². The minimum Gasteiger partial charge on any atom is -0.493 e. The molecule has 1 N–H and O–H groups in total. The summed E-state index contributed by atoms with van der Waals surface area (Å²) in [6, 6.07) is 6.03. The van der Waals surface area contributed by atoms with Crippen molar-refractivity contribution in [1.29, 1.82) is 0 Å². The Labute approximate surface area is 125 Å². The highest BCUT2D eigenvalue weighted by Gasteiger charge is 2.35. The van der Waals surface area contributed by atoms with Gasteiger partial charge >= 0.3 is 0 Å². The molecule has 1 aromatic carbocycles. The van der Waals surface area contributed by atoms with Gasteiger partial charge in [0.05, 0.1) is 19.8 Å². The van der Waals surface area contributed by atoms with Gasteiger partial charge in [0, 0.05) is 19.1 Å². The molecule has 114 valence electrons. The van der Waals surface area contributed by atoms with Gasteiger partial charge in [-0.3, -0.25) is 4.79 Å². The third kappa shape index (κ3) is 2.58. The first kappa shape index (κ1) is 14.2. The van der Waals surface area contributed by atoms with Gasteiger partial charge in [-0.15, -0.1) is 0 Å². The summed E-state index contributed by atoms with van der Waals surface area (Å²) >= 11 is 0. The van der Waals surface area contributed by atoms with E-state index in [0.29, 0.717) is 29.0 Å². The summed E-state index contributed by atoms with van der Waals surface area (Å²) in [7, 11) is 3.16. The van der Waals surface area contributed by atoms with Gasteiger partial charge in [0.15, 0.2) is 11.5 Å². The number of benzene rings is 1. The maximum atomic E-state index is 12.8. The number of carbonyl (C=O) groups is 1. The molecule has 1 amide bonds. The number of hydrogen-bond donors (Lipinski definition) is 1. The summed E-state index contributed by atoms with van der Waals surface area (Å²) in [4.78, 5) is 14.8. The van der Waals surface area contributed by atoms with Crippen LogP contribution in [0.3, 0.4) is 0 Å². The highest BCUT2D eigenvalue weighted by Crippen LogP contribution is 2.33. The Bertz CT molecular complexity index is 532. The Kier molecular flexibility index (Phi) is 4.01. The number of carbonyl (C=O) groups excluding carboxylic acids is 1. The van der Waals surface area contributed by atoms with Crippen molar-refractivity contribution in [2.24, 2.45) is 5.92 Å². The van der Waals surface area contributed by atoms with Gasteiger partial charge in [0.1, 0.15) is 0 Å². The van der Waals surface area contributed by atoms with Crippen molar-refractivity contribution in [2.75, 3.05) is 33.9 Å². The van der Waals surface area contributed by atoms with Gasteiger partial charge in [-0.1, -0.05) is 6.07 Å². The van der Waals surface area contributed by atoms with E-state index in [1.807, 2.05) is 23.1 Å². The smallest absolute Gasteiger partial charge is 0.257 e. The number of rotatable bonds is 3. The van der Waals surface area contributed by atoms with Crippen molar-refractivity contribution in [3.8, 4) is 11.5 Å². The van der Waals surface area contributed by atoms with Crippen LogP contribution in [0.25, 0.3) is 0 Å². The number of piperidine rings is 1. The SMILES string of the molecule is COc1cccc(C(=O)N2CCC3NCCC3C2)c1OC. The first-order chi connectivity index (χ1) is 10.2. The summed E-state index contributed by atoms with van der Waals surface area (Å²) < 4.78 is 10.7.